The molecule has 98 valence electrons. The third kappa shape index (κ3) is 6.68. The van der Waals surface area contributed by atoms with Crippen LogP contribution in [0.25, 0.3) is 0 Å². The van der Waals surface area contributed by atoms with E-state index >= 15 is 0 Å². The Kier molecular flexibility index (Phi) is 6.58. The van der Waals surface area contributed by atoms with Crippen molar-refractivity contribution >= 4 is 0 Å². The molecule has 1 aliphatic carbocycles. The minimum Gasteiger partial charge on any atom is -0.381 e. The lowest BCUT2D eigenvalue weighted by atomic mass is 9.89. The van der Waals surface area contributed by atoms with Gasteiger partial charge >= 0.3 is 0 Å². The Labute approximate surface area is 106 Å². The Morgan fingerprint density at radius 2 is 1.88 bits per heavy atom. The van der Waals surface area contributed by atoms with Crippen LogP contribution >= 0.6 is 0 Å². The van der Waals surface area contributed by atoms with E-state index in [-0.39, 0.29) is 5.41 Å². The molecule has 1 fully saturated rings. The van der Waals surface area contributed by atoms with Crippen molar-refractivity contribution < 1.29 is 4.74 Å². The standard InChI is InChI=1S/C15H27NO/c1-15(2,13-16)10-6-7-11-17-12-14-8-4-3-5-9-14/h14H,3-12H2,1-2H3. The number of unbranched alkanes of at least 4 members (excludes halogenated alkanes) is 1. The van der Waals surface area contributed by atoms with E-state index in [0.29, 0.717) is 0 Å². The molecule has 0 aromatic rings. The Balaban J connectivity index is 1.92. The van der Waals surface area contributed by atoms with E-state index in [4.69, 9.17) is 10.00 Å². The van der Waals surface area contributed by atoms with Crippen molar-refractivity contribution in [3.8, 4) is 6.07 Å². The van der Waals surface area contributed by atoms with E-state index in [2.05, 4.69) is 6.07 Å². The maximum absolute atomic E-state index is 8.89. The van der Waals surface area contributed by atoms with E-state index in [1.54, 1.807) is 0 Å². The second kappa shape index (κ2) is 7.71. The van der Waals surface area contributed by atoms with E-state index in [0.717, 1.165) is 38.4 Å². The van der Waals surface area contributed by atoms with E-state index < -0.39 is 0 Å². The quantitative estimate of drug-likeness (QED) is 0.618. The van der Waals surface area contributed by atoms with Crippen LogP contribution in [-0.2, 0) is 4.74 Å². The summed E-state index contributed by atoms with van der Waals surface area (Å²) < 4.78 is 5.74. The van der Waals surface area contributed by atoms with Crippen LogP contribution in [-0.4, -0.2) is 13.2 Å². The molecule has 17 heavy (non-hydrogen) atoms. The summed E-state index contributed by atoms with van der Waals surface area (Å²) in [6, 6.07) is 2.34. The number of rotatable bonds is 7. The first-order valence-corrected chi connectivity index (χ1v) is 7.13. The molecule has 1 aliphatic rings. The van der Waals surface area contributed by atoms with Crippen molar-refractivity contribution in [2.75, 3.05) is 13.2 Å². The van der Waals surface area contributed by atoms with E-state index in [9.17, 15) is 0 Å². The topological polar surface area (TPSA) is 33.0 Å². The van der Waals surface area contributed by atoms with E-state index in [1.807, 2.05) is 13.8 Å². The van der Waals surface area contributed by atoms with Crippen molar-refractivity contribution in [1.82, 2.24) is 0 Å². The van der Waals surface area contributed by atoms with Gasteiger partial charge in [0.15, 0.2) is 0 Å². The van der Waals surface area contributed by atoms with Crippen LogP contribution in [0, 0.1) is 22.7 Å². The summed E-state index contributed by atoms with van der Waals surface area (Å²) in [6.07, 6.45) is 10.1. The SMILES string of the molecule is CC(C)(C#N)CCCCOCC1CCCCC1. The monoisotopic (exact) mass is 237 g/mol. The Morgan fingerprint density at radius 3 is 2.53 bits per heavy atom. The number of nitrogens with zero attached hydrogens (tertiary/aromatic N) is 1. The van der Waals surface area contributed by atoms with Gasteiger partial charge in [0, 0.05) is 13.2 Å². The van der Waals surface area contributed by atoms with Gasteiger partial charge in [0.25, 0.3) is 0 Å². The van der Waals surface area contributed by atoms with Crippen LogP contribution in [0.15, 0.2) is 0 Å². The normalized spacial score (nSPS) is 17.9. The summed E-state index contributed by atoms with van der Waals surface area (Å²) in [4.78, 5) is 0. The average molecular weight is 237 g/mol. The van der Waals surface area contributed by atoms with Crippen molar-refractivity contribution in [3.63, 3.8) is 0 Å². The predicted molar refractivity (Wildman–Crippen MR) is 70.6 cm³/mol. The predicted octanol–water partition coefficient (Wildman–Crippen LogP) is 4.30. The Morgan fingerprint density at radius 1 is 1.18 bits per heavy atom. The number of ether oxygens (including phenoxy) is 1. The molecule has 0 saturated heterocycles. The molecule has 0 aliphatic heterocycles. The van der Waals surface area contributed by atoms with Gasteiger partial charge in [0.05, 0.1) is 11.5 Å². The zero-order valence-electron chi connectivity index (χ0n) is 11.5. The molecule has 0 aromatic carbocycles. The van der Waals surface area contributed by atoms with Crippen LogP contribution in [0.5, 0.6) is 0 Å². The molecule has 0 amide bonds. The Bertz CT molecular complexity index is 236. The number of hydrogen-bond donors (Lipinski definition) is 0. The van der Waals surface area contributed by atoms with Gasteiger partial charge in [0.2, 0.25) is 0 Å². The third-order valence-corrected chi connectivity index (χ3v) is 3.72. The summed E-state index contributed by atoms with van der Waals surface area (Å²) in [5.41, 5.74) is -0.163. The Hall–Kier alpha value is -0.550. The molecule has 0 N–H and O–H groups in total. The molecular weight excluding hydrogens is 210 g/mol. The second-order valence-electron chi connectivity index (χ2n) is 6.03. The minimum absolute atomic E-state index is 0.163. The summed E-state index contributed by atoms with van der Waals surface area (Å²) in [6.45, 7) is 5.85. The van der Waals surface area contributed by atoms with Crippen LogP contribution in [0.1, 0.15) is 65.2 Å². The van der Waals surface area contributed by atoms with Gasteiger partial charge in [-0.2, -0.15) is 5.26 Å². The molecule has 0 aromatic heterocycles. The van der Waals surface area contributed by atoms with Gasteiger partial charge in [-0.3, -0.25) is 0 Å². The van der Waals surface area contributed by atoms with Crippen LogP contribution < -0.4 is 0 Å². The molecule has 0 atom stereocenters. The van der Waals surface area contributed by atoms with Crippen LogP contribution in [0.3, 0.4) is 0 Å². The molecule has 2 nitrogen and oxygen atoms in total. The van der Waals surface area contributed by atoms with Gasteiger partial charge in [-0.05, 0) is 51.9 Å². The van der Waals surface area contributed by atoms with Crippen molar-refractivity contribution in [1.29, 1.82) is 5.26 Å². The van der Waals surface area contributed by atoms with Gasteiger partial charge < -0.3 is 4.74 Å². The van der Waals surface area contributed by atoms with Gasteiger partial charge in [-0.25, -0.2) is 0 Å². The molecule has 1 rings (SSSR count). The largest absolute Gasteiger partial charge is 0.381 e. The van der Waals surface area contributed by atoms with Crippen LogP contribution in [0.2, 0.25) is 0 Å². The minimum atomic E-state index is -0.163. The summed E-state index contributed by atoms with van der Waals surface area (Å²) >= 11 is 0. The highest BCUT2D eigenvalue weighted by Gasteiger charge is 2.16. The lowest BCUT2D eigenvalue weighted by Crippen LogP contribution is -2.14. The fourth-order valence-corrected chi connectivity index (χ4v) is 2.43. The van der Waals surface area contributed by atoms with E-state index in [1.165, 1.54) is 32.1 Å². The average Bonchev–Trinajstić information content (AvgIpc) is 2.35. The van der Waals surface area contributed by atoms with Gasteiger partial charge in [-0.1, -0.05) is 19.3 Å². The first-order valence-electron chi connectivity index (χ1n) is 7.13. The highest BCUT2D eigenvalue weighted by Crippen LogP contribution is 2.24. The fraction of sp³-hybridized carbons (Fsp3) is 0.933. The number of hydrogen-bond acceptors (Lipinski definition) is 2. The summed E-state index contributed by atoms with van der Waals surface area (Å²) in [5, 5.41) is 8.89. The first-order chi connectivity index (χ1) is 8.14. The smallest absolute Gasteiger partial charge is 0.0683 e. The lowest BCUT2D eigenvalue weighted by Gasteiger charge is -2.21. The summed E-state index contributed by atoms with van der Waals surface area (Å²) in [7, 11) is 0. The molecule has 0 heterocycles. The second-order valence-corrected chi connectivity index (χ2v) is 6.03. The molecule has 2 heteroatoms. The van der Waals surface area contributed by atoms with Crippen molar-refractivity contribution in [3.05, 3.63) is 0 Å². The third-order valence-electron chi connectivity index (χ3n) is 3.72. The van der Waals surface area contributed by atoms with Crippen LogP contribution in [0.4, 0.5) is 0 Å². The van der Waals surface area contributed by atoms with Crippen molar-refractivity contribution in [2.45, 2.75) is 65.2 Å². The lowest BCUT2D eigenvalue weighted by molar-refractivity contribution is 0.0816. The zero-order chi connectivity index (χ0) is 12.6. The molecule has 0 spiro atoms. The number of nitriles is 1. The maximum atomic E-state index is 8.89. The zero-order valence-corrected chi connectivity index (χ0v) is 11.5. The highest BCUT2D eigenvalue weighted by atomic mass is 16.5. The molecule has 0 bridgehead atoms. The van der Waals surface area contributed by atoms with Gasteiger partial charge in [-0.15, -0.1) is 0 Å². The fourth-order valence-electron chi connectivity index (χ4n) is 2.43. The van der Waals surface area contributed by atoms with Crippen molar-refractivity contribution in [2.24, 2.45) is 11.3 Å². The van der Waals surface area contributed by atoms with Gasteiger partial charge in [0.1, 0.15) is 0 Å². The summed E-state index contributed by atoms with van der Waals surface area (Å²) in [5.74, 6) is 0.819. The molecule has 0 unspecified atom stereocenters. The first kappa shape index (κ1) is 14.5. The highest BCUT2D eigenvalue weighted by molar-refractivity contribution is 4.91. The molecular formula is C15H27NO. The molecule has 1 saturated carbocycles. The maximum Gasteiger partial charge on any atom is 0.0683 e. The molecule has 0 radical (unpaired) electrons.